The molecule has 1 aromatic carbocycles. The maximum absolute atomic E-state index is 11.4. The molecular formula is C17H28O2Si. The van der Waals surface area contributed by atoms with Gasteiger partial charge in [-0.25, -0.2) is 0 Å². The third kappa shape index (κ3) is 3.51. The lowest BCUT2D eigenvalue weighted by Crippen LogP contribution is -2.44. The molecule has 0 unspecified atom stereocenters. The van der Waals surface area contributed by atoms with Crippen molar-refractivity contribution < 1.29 is 9.22 Å². The van der Waals surface area contributed by atoms with Crippen LogP contribution in [0, 0.1) is 0 Å². The van der Waals surface area contributed by atoms with Crippen molar-refractivity contribution in [2.75, 3.05) is 0 Å². The molecule has 20 heavy (non-hydrogen) atoms. The molecule has 3 heteroatoms. The molecule has 0 N–H and O–H groups in total. The molecule has 1 rings (SSSR count). The number of rotatable bonds is 3. The summed E-state index contributed by atoms with van der Waals surface area (Å²) < 4.78 is 6.45. The lowest BCUT2D eigenvalue weighted by molar-refractivity contribution is 0.112. The molecule has 0 aliphatic rings. The van der Waals surface area contributed by atoms with Crippen LogP contribution in [0.5, 0.6) is 5.75 Å². The Bertz CT molecular complexity index is 491. The van der Waals surface area contributed by atoms with E-state index >= 15 is 0 Å². The van der Waals surface area contributed by atoms with Crippen molar-refractivity contribution in [3.05, 3.63) is 29.3 Å². The average Bonchev–Trinajstić information content (AvgIpc) is 2.25. The zero-order valence-electron chi connectivity index (χ0n) is 14.1. The maximum atomic E-state index is 11.4. The van der Waals surface area contributed by atoms with E-state index in [1.165, 1.54) is 0 Å². The van der Waals surface area contributed by atoms with Crippen LogP contribution in [0.25, 0.3) is 0 Å². The Labute approximate surface area is 124 Å². The van der Waals surface area contributed by atoms with Gasteiger partial charge in [0, 0.05) is 0 Å². The van der Waals surface area contributed by atoms with Gasteiger partial charge in [-0.1, -0.05) is 53.7 Å². The number of carbonyl (C=O) groups is 1. The summed E-state index contributed by atoms with van der Waals surface area (Å²) in [6.45, 7) is 17.5. The monoisotopic (exact) mass is 292 g/mol. The van der Waals surface area contributed by atoms with Gasteiger partial charge in [-0.2, -0.15) is 0 Å². The molecule has 0 spiro atoms. The molecule has 112 valence electrons. The molecule has 0 atom stereocenters. The lowest BCUT2D eigenvalue weighted by Gasteiger charge is -2.38. The lowest BCUT2D eigenvalue weighted by atomic mass is 9.85. The van der Waals surface area contributed by atoms with Crippen LogP contribution in [0.3, 0.4) is 0 Å². The van der Waals surface area contributed by atoms with Crippen LogP contribution in [0.15, 0.2) is 18.2 Å². The SMILES string of the molecule is CC(C)(C)c1cccc(C=O)c1O[Si](C)(C)C(C)(C)C. The first-order valence-electron chi connectivity index (χ1n) is 7.18. The fourth-order valence-corrected chi connectivity index (χ4v) is 2.80. The van der Waals surface area contributed by atoms with Crippen molar-refractivity contribution in [3.63, 3.8) is 0 Å². The highest BCUT2D eigenvalue weighted by Gasteiger charge is 2.40. The van der Waals surface area contributed by atoms with Crippen molar-refractivity contribution in [2.24, 2.45) is 0 Å². The second-order valence-corrected chi connectivity index (χ2v) is 12.7. The van der Waals surface area contributed by atoms with Gasteiger partial charge >= 0.3 is 0 Å². The van der Waals surface area contributed by atoms with Gasteiger partial charge in [-0.15, -0.1) is 0 Å². The Morgan fingerprint density at radius 1 is 1.05 bits per heavy atom. The first-order chi connectivity index (χ1) is 8.90. The van der Waals surface area contributed by atoms with E-state index in [0.717, 1.165) is 17.6 Å². The van der Waals surface area contributed by atoms with Gasteiger partial charge in [0.15, 0.2) is 6.29 Å². The molecule has 0 saturated carbocycles. The Morgan fingerprint density at radius 3 is 2.00 bits per heavy atom. The van der Waals surface area contributed by atoms with Crippen LogP contribution in [-0.2, 0) is 5.41 Å². The molecule has 0 fully saturated rings. The zero-order chi connectivity index (χ0) is 15.8. The highest BCUT2D eigenvalue weighted by atomic mass is 28.4. The van der Waals surface area contributed by atoms with E-state index < -0.39 is 8.32 Å². The maximum Gasteiger partial charge on any atom is 0.250 e. The minimum Gasteiger partial charge on any atom is -0.543 e. The van der Waals surface area contributed by atoms with Crippen molar-refractivity contribution >= 4 is 14.6 Å². The summed E-state index contributed by atoms with van der Waals surface area (Å²) in [7, 11) is -1.96. The zero-order valence-corrected chi connectivity index (χ0v) is 15.1. The van der Waals surface area contributed by atoms with Crippen LogP contribution in [0.4, 0.5) is 0 Å². The number of benzene rings is 1. The quantitative estimate of drug-likeness (QED) is 0.566. The van der Waals surface area contributed by atoms with Gasteiger partial charge in [-0.3, -0.25) is 4.79 Å². The van der Waals surface area contributed by atoms with E-state index in [0.29, 0.717) is 5.56 Å². The largest absolute Gasteiger partial charge is 0.543 e. The second kappa shape index (κ2) is 5.36. The Balaban J connectivity index is 3.40. The Kier molecular flexibility index (Phi) is 4.54. The molecule has 1 aromatic rings. The molecular weight excluding hydrogens is 264 g/mol. The minimum atomic E-state index is -1.96. The molecule has 0 bridgehead atoms. The summed E-state index contributed by atoms with van der Waals surface area (Å²) >= 11 is 0. The summed E-state index contributed by atoms with van der Waals surface area (Å²) in [4.78, 5) is 11.4. The number of carbonyl (C=O) groups excluding carboxylic acids is 1. The van der Waals surface area contributed by atoms with Crippen LogP contribution in [-0.4, -0.2) is 14.6 Å². The standard InChI is InChI=1S/C17H28O2Si/c1-16(2,3)14-11-9-10-13(12-18)15(14)19-20(7,8)17(4,5)6/h9-12H,1-8H3. The van der Waals surface area contributed by atoms with E-state index in [1.54, 1.807) is 0 Å². The summed E-state index contributed by atoms with van der Waals surface area (Å²) in [5.74, 6) is 0.779. The highest BCUT2D eigenvalue weighted by molar-refractivity contribution is 6.74. The van der Waals surface area contributed by atoms with Crippen molar-refractivity contribution in [1.82, 2.24) is 0 Å². The van der Waals surface area contributed by atoms with E-state index in [4.69, 9.17) is 4.43 Å². The van der Waals surface area contributed by atoms with E-state index in [1.807, 2.05) is 12.1 Å². The Morgan fingerprint density at radius 2 is 1.60 bits per heavy atom. The van der Waals surface area contributed by atoms with Crippen molar-refractivity contribution in [1.29, 1.82) is 0 Å². The number of aldehydes is 1. The average molecular weight is 292 g/mol. The molecule has 0 heterocycles. The fraction of sp³-hybridized carbons (Fsp3) is 0.588. The first-order valence-corrected chi connectivity index (χ1v) is 10.1. The van der Waals surface area contributed by atoms with Crippen LogP contribution >= 0.6 is 0 Å². The van der Waals surface area contributed by atoms with E-state index in [9.17, 15) is 4.79 Å². The third-order valence-corrected chi connectivity index (χ3v) is 8.47. The van der Waals surface area contributed by atoms with Crippen molar-refractivity contribution in [2.45, 2.75) is 65.1 Å². The van der Waals surface area contributed by atoms with Crippen molar-refractivity contribution in [3.8, 4) is 5.75 Å². The van der Waals surface area contributed by atoms with Gasteiger partial charge < -0.3 is 4.43 Å². The third-order valence-electron chi connectivity index (χ3n) is 4.14. The van der Waals surface area contributed by atoms with Crippen LogP contribution in [0.1, 0.15) is 57.5 Å². The molecule has 0 amide bonds. The second-order valence-electron chi connectivity index (χ2n) is 7.95. The predicted molar refractivity (Wildman–Crippen MR) is 88.4 cm³/mol. The fourth-order valence-electron chi connectivity index (χ4n) is 1.76. The van der Waals surface area contributed by atoms with Gasteiger partial charge in [0.05, 0.1) is 5.56 Å². The smallest absolute Gasteiger partial charge is 0.250 e. The molecule has 0 aliphatic carbocycles. The Hall–Kier alpha value is -1.09. The molecule has 0 radical (unpaired) electrons. The summed E-state index contributed by atoms with van der Waals surface area (Å²) in [5.41, 5.74) is 1.71. The molecule has 2 nitrogen and oxygen atoms in total. The molecule has 0 aliphatic heterocycles. The minimum absolute atomic E-state index is 0.0449. The van der Waals surface area contributed by atoms with Crippen LogP contribution < -0.4 is 4.43 Å². The van der Waals surface area contributed by atoms with Gasteiger partial charge in [0.2, 0.25) is 0 Å². The number of para-hydroxylation sites is 1. The first kappa shape index (κ1) is 17.0. The van der Waals surface area contributed by atoms with Crippen LogP contribution in [0.2, 0.25) is 18.1 Å². The summed E-state index contributed by atoms with van der Waals surface area (Å²) in [5, 5.41) is 0.109. The predicted octanol–water partition coefficient (Wildman–Crippen LogP) is 5.18. The number of hydrogen-bond donors (Lipinski definition) is 0. The summed E-state index contributed by atoms with van der Waals surface area (Å²) in [6, 6.07) is 5.84. The topological polar surface area (TPSA) is 26.3 Å². The normalized spacial score (nSPS) is 13.2. The van der Waals surface area contributed by atoms with E-state index in [-0.39, 0.29) is 10.5 Å². The molecule has 0 aromatic heterocycles. The highest BCUT2D eigenvalue weighted by Crippen LogP contribution is 2.41. The van der Waals surface area contributed by atoms with Gasteiger partial charge in [0.1, 0.15) is 5.75 Å². The van der Waals surface area contributed by atoms with Gasteiger partial charge in [-0.05, 0) is 35.2 Å². The summed E-state index contributed by atoms with van der Waals surface area (Å²) in [6.07, 6.45) is 0.901. The van der Waals surface area contributed by atoms with E-state index in [2.05, 4.69) is 60.7 Å². The number of hydrogen-bond acceptors (Lipinski definition) is 2. The molecule has 0 saturated heterocycles. The van der Waals surface area contributed by atoms with Gasteiger partial charge in [0.25, 0.3) is 8.32 Å².